The van der Waals surface area contributed by atoms with Gasteiger partial charge >= 0.3 is 0 Å². The lowest BCUT2D eigenvalue weighted by Gasteiger charge is -2.49. The number of hydrogen-bond acceptors (Lipinski definition) is 2. The molecule has 0 aromatic heterocycles. The summed E-state index contributed by atoms with van der Waals surface area (Å²) in [6.45, 7) is 5.92. The normalized spacial score (nSPS) is 30.7. The largest absolute Gasteiger partial charge is 0.392 e. The van der Waals surface area contributed by atoms with Crippen LogP contribution >= 0.6 is 0 Å². The third-order valence-electron chi connectivity index (χ3n) is 2.30. The molecule has 15 heavy (non-hydrogen) atoms. The van der Waals surface area contributed by atoms with Crippen LogP contribution in [0.15, 0.2) is 0 Å². The predicted molar refractivity (Wildman–Crippen MR) is 55.0 cm³/mol. The van der Waals surface area contributed by atoms with Crippen LogP contribution in [0.4, 0.5) is 8.78 Å². The Morgan fingerprint density at radius 1 is 1.53 bits per heavy atom. The molecule has 1 aliphatic heterocycles. The monoisotopic (exact) mass is 241 g/mol. The van der Waals surface area contributed by atoms with Crippen molar-refractivity contribution in [2.75, 3.05) is 6.54 Å². The van der Waals surface area contributed by atoms with Crippen molar-refractivity contribution in [2.45, 2.75) is 50.5 Å². The highest BCUT2D eigenvalue weighted by atomic mass is 32.2. The molecule has 90 valence electrons. The van der Waals surface area contributed by atoms with Crippen molar-refractivity contribution in [1.82, 2.24) is 4.31 Å². The Hall–Kier alpha value is -0.0700. The van der Waals surface area contributed by atoms with Gasteiger partial charge in [-0.05, 0) is 27.7 Å². The lowest BCUT2D eigenvalue weighted by atomic mass is 9.97. The zero-order valence-corrected chi connectivity index (χ0v) is 10.1. The molecule has 1 unspecified atom stereocenters. The van der Waals surface area contributed by atoms with Crippen LogP contribution in [0.2, 0.25) is 0 Å². The molecule has 1 rings (SSSR count). The third-order valence-corrected chi connectivity index (χ3v) is 4.13. The Balaban J connectivity index is 2.80. The van der Waals surface area contributed by atoms with Crippen molar-refractivity contribution in [3.63, 3.8) is 0 Å². The van der Waals surface area contributed by atoms with E-state index in [4.69, 9.17) is 0 Å². The van der Waals surface area contributed by atoms with E-state index in [2.05, 4.69) is 0 Å². The number of aliphatic hydroxyl groups excluding tert-OH is 1. The second-order valence-corrected chi connectivity index (χ2v) is 7.08. The lowest BCUT2D eigenvalue weighted by Crippen LogP contribution is -2.70. The number of hydrogen-bond donors (Lipinski definition) is 1. The first kappa shape index (κ1) is 13.0. The average molecular weight is 241 g/mol. The van der Waals surface area contributed by atoms with Crippen molar-refractivity contribution < 1.29 is 18.1 Å². The molecule has 3 nitrogen and oxygen atoms in total. The molecular formula is C9H17F2NO2S. The van der Waals surface area contributed by atoms with Gasteiger partial charge in [0, 0.05) is 0 Å². The summed E-state index contributed by atoms with van der Waals surface area (Å²) in [5, 5.41) is 9.24. The maximum atomic E-state index is 13.1. The van der Waals surface area contributed by atoms with Gasteiger partial charge in [0.05, 0.1) is 17.4 Å². The van der Waals surface area contributed by atoms with Crippen molar-refractivity contribution >= 4 is 11.0 Å². The molecule has 0 aliphatic carbocycles. The third kappa shape index (κ3) is 2.37. The second-order valence-electron chi connectivity index (χ2n) is 4.88. The summed E-state index contributed by atoms with van der Waals surface area (Å²) in [6, 6.07) is -1.32. The molecule has 1 saturated heterocycles. The molecule has 1 fully saturated rings. The van der Waals surface area contributed by atoms with E-state index in [0.717, 1.165) is 0 Å². The topological polar surface area (TPSA) is 40.5 Å². The highest BCUT2D eigenvalue weighted by Crippen LogP contribution is 2.39. The molecule has 0 aromatic rings. The molecule has 0 saturated carbocycles. The predicted octanol–water partition coefficient (Wildman–Crippen LogP) is 1.15. The van der Waals surface area contributed by atoms with Crippen LogP contribution in [0.5, 0.6) is 0 Å². The standard InChI is InChI=1S/C9H17F2NO2S/c1-6(13)7-9(10,11)5-12(7)15(14)8(2,3)4/h6-7,13H,5H2,1-4H3/t6-,7-,15?/m1/s1. The first-order chi connectivity index (χ1) is 6.57. The van der Waals surface area contributed by atoms with E-state index in [0.29, 0.717) is 0 Å². The number of halogens is 2. The van der Waals surface area contributed by atoms with Gasteiger partial charge in [0.25, 0.3) is 5.92 Å². The first-order valence-electron chi connectivity index (χ1n) is 4.82. The molecule has 0 radical (unpaired) electrons. The summed E-state index contributed by atoms with van der Waals surface area (Å²) in [7, 11) is -1.50. The van der Waals surface area contributed by atoms with Gasteiger partial charge < -0.3 is 5.11 Å². The first-order valence-corrected chi connectivity index (χ1v) is 5.92. The van der Waals surface area contributed by atoms with Crippen LogP contribution in [-0.2, 0) is 11.0 Å². The molecule has 0 bridgehead atoms. The van der Waals surface area contributed by atoms with E-state index >= 15 is 0 Å². The number of aliphatic hydroxyl groups is 1. The maximum absolute atomic E-state index is 13.1. The van der Waals surface area contributed by atoms with Gasteiger partial charge in [0.1, 0.15) is 17.0 Å². The minimum absolute atomic E-state index is 0.535. The van der Waals surface area contributed by atoms with Gasteiger partial charge in [-0.1, -0.05) is 0 Å². The van der Waals surface area contributed by atoms with Gasteiger partial charge in [-0.2, -0.15) is 0 Å². The zero-order chi connectivity index (χ0) is 12.0. The lowest BCUT2D eigenvalue weighted by molar-refractivity contribution is -0.176. The van der Waals surface area contributed by atoms with Crippen molar-refractivity contribution in [3.05, 3.63) is 0 Å². The Kier molecular flexibility index (Phi) is 3.25. The SMILES string of the molecule is C[C@@H](O)[C@H]1N(S(=O)C(C)(C)C)CC1(F)F. The maximum Gasteiger partial charge on any atom is 0.280 e. The van der Waals surface area contributed by atoms with E-state index in [1.54, 1.807) is 20.8 Å². The van der Waals surface area contributed by atoms with Crippen LogP contribution in [0.3, 0.4) is 0 Å². The molecule has 1 heterocycles. The highest BCUT2D eigenvalue weighted by Gasteiger charge is 2.60. The fourth-order valence-corrected chi connectivity index (χ4v) is 3.13. The summed E-state index contributed by atoms with van der Waals surface area (Å²) < 4.78 is 38.7. The van der Waals surface area contributed by atoms with Crippen molar-refractivity contribution in [2.24, 2.45) is 0 Å². The Morgan fingerprint density at radius 2 is 2.00 bits per heavy atom. The second kappa shape index (κ2) is 3.75. The fourth-order valence-electron chi connectivity index (χ4n) is 1.60. The Bertz CT molecular complexity index is 276. The summed E-state index contributed by atoms with van der Waals surface area (Å²) in [4.78, 5) is 0. The van der Waals surface area contributed by atoms with Crippen LogP contribution < -0.4 is 0 Å². The van der Waals surface area contributed by atoms with Gasteiger partial charge in [-0.25, -0.2) is 17.3 Å². The average Bonchev–Trinajstić information content (AvgIpc) is 1.95. The number of nitrogens with zero attached hydrogens (tertiary/aromatic N) is 1. The van der Waals surface area contributed by atoms with E-state index in [-0.39, 0.29) is 0 Å². The van der Waals surface area contributed by atoms with Gasteiger partial charge in [-0.3, -0.25) is 0 Å². The van der Waals surface area contributed by atoms with Crippen LogP contribution in [0, 0.1) is 0 Å². The highest BCUT2D eigenvalue weighted by molar-refractivity contribution is 7.84. The summed E-state index contributed by atoms with van der Waals surface area (Å²) in [5.74, 6) is -2.94. The van der Waals surface area contributed by atoms with Crippen LogP contribution in [0.25, 0.3) is 0 Å². The van der Waals surface area contributed by atoms with Crippen molar-refractivity contribution in [3.8, 4) is 0 Å². The van der Waals surface area contributed by atoms with E-state index in [1.807, 2.05) is 0 Å². The molecule has 0 aromatic carbocycles. The summed E-state index contributed by atoms with van der Waals surface area (Å²) in [6.07, 6.45) is -1.18. The van der Waals surface area contributed by atoms with Gasteiger partial charge in [0.15, 0.2) is 0 Å². The van der Waals surface area contributed by atoms with Gasteiger partial charge in [0.2, 0.25) is 0 Å². The smallest absolute Gasteiger partial charge is 0.280 e. The molecule has 1 N–H and O–H groups in total. The summed E-state index contributed by atoms with van der Waals surface area (Å²) >= 11 is 0. The van der Waals surface area contributed by atoms with E-state index in [9.17, 15) is 18.1 Å². The van der Waals surface area contributed by atoms with Crippen LogP contribution in [0.1, 0.15) is 27.7 Å². The Labute approximate surface area is 91.0 Å². The van der Waals surface area contributed by atoms with Crippen molar-refractivity contribution in [1.29, 1.82) is 0 Å². The molecular weight excluding hydrogens is 224 g/mol. The minimum atomic E-state index is -2.94. The van der Waals surface area contributed by atoms with Gasteiger partial charge in [-0.15, -0.1) is 0 Å². The van der Waals surface area contributed by atoms with E-state index < -0.39 is 40.3 Å². The van der Waals surface area contributed by atoms with Crippen LogP contribution in [-0.4, -0.2) is 43.0 Å². The van der Waals surface area contributed by atoms with E-state index in [1.165, 1.54) is 11.2 Å². The quantitative estimate of drug-likeness (QED) is 0.788. The number of alkyl halides is 2. The molecule has 0 spiro atoms. The molecule has 3 atom stereocenters. The zero-order valence-electron chi connectivity index (χ0n) is 9.33. The Morgan fingerprint density at radius 3 is 2.27 bits per heavy atom. The molecule has 1 aliphatic rings. The number of rotatable bonds is 2. The molecule has 0 amide bonds. The minimum Gasteiger partial charge on any atom is -0.392 e. The molecule has 6 heteroatoms. The summed E-state index contributed by atoms with van der Waals surface area (Å²) in [5.41, 5.74) is 0. The fraction of sp³-hybridized carbons (Fsp3) is 1.00.